The van der Waals surface area contributed by atoms with Gasteiger partial charge in [-0.1, -0.05) is 35.3 Å². The quantitative estimate of drug-likeness (QED) is 0.0780. The molecular weight excluding hydrogens is 983 g/mol. The fourth-order valence-electron chi connectivity index (χ4n) is 8.55. The Bertz CT molecular complexity index is 2600. The second-order valence-electron chi connectivity index (χ2n) is 16.8. The number of aromatic nitrogens is 2. The van der Waals surface area contributed by atoms with Crippen LogP contribution < -0.4 is 29.2 Å². The van der Waals surface area contributed by atoms with Gasteiger partial charge in [-0.2, -0.15) is 26.3 Å². The minimum atomic E-state index is -4.55. The van der Waals surface area contributed by atoms with Crippen LogP contribution in [-0.2, 0) is 67.7 Å². The summed E-state index contributed by atoms with van der Waals surface area (Å²) in [7, 11) is 0. The average Bonchev–Trinajstić information content (AvgIpc) is 3.97. The number of rotatable bonds is 14. The van der Waals surface area contributed by atoms with Gasteiger partial charge in [0.2, 0.25) is 0 Å². The Labute approximate surface area is 404 Å². The molecule has 0 amide bonds. The molecule has 6 aromatic rings. The number of carboxylic acid groups (broad SMARTS) is 2. The summed E-state index contributed by atoms with van der Waals surface area (Å²) in [4.78, 5) is 22.1. The molecule has 10 nitrogen and oxygen atoms in total. The zero-order valence-electron chi connectivity index (χ0n) is 36.8. The zero-order chi connectivity index (χ0) is 47.8. The van der Waals surface area contributed by atoms with Gasteiger partial charge in [0.05, 0.1) is 44.4 Å². The molecule has 0 N–H and O–H groups in total. The van der Waals surface area contributed by atoms with Crippen LogP contribution in [0.1, 0.15) is 98.9 Å². The number of aliphatic carboxylic acids is 2. The van der Waals surface area contributed by atoms with E-state index in [4.69, 9.17) is 42.1 Å². The number of halogens is 8. The van der Waals surface area contributed by atoms with Crippen molar-refractivity contribution in [3.05, 3.63) is 116 Å². The third-order valence-electron chi connectivity index (χ3n) is 11.3. The second kappa shape index (κ2) is 20.6. The number of carbonyl (C=O) groups excluding carboxylic acids is 2. The van der Waals surface area contributed by atoms with Gasteiger partial charge in [-0.15, -0.1) is 0 Å². The van der Waals surface area contributed by atoms with Crippen molar-refractivity contribution in [3.8, 4) is 23.0 Å². The summed E-state index contributed by atoms with van der Waals surface area (Å²) in [6.45, 7) is 7.81. The summed E-state index contributed by atoms with van der Waals surface area (Å²) < 4.78 is 107. The van der Waals surface area contributed by atoms with Crippen molar-refractivity contribution in [2.24, 2.45) is 0 Å². The number of carboxylic acids is 2. The summed E-state index contributed by atoms with van der Waals surface area (Å²) in [5.74, 6) is -2.22. The van der Waals surface area contributed by atoms with Gasteiger partial charge >= 0.3 is 31.8 Å². The van der Waals surface area contributed by atoms with Crippen LogP contribution in [0.2, 0.25) is 10.0 Å². The average molecular weight is 1030 g/mol. The SMILES string of the molecule is CC(C)Oc1ccc(COc2ccc3c(c2)c(Cl)c2n3CC[C@@H]2CC(=O)[O-])cc1C(F)(F)F.CC(C)Oc1ccc(COc2ccc3c(c2)c(Cl)c2n3CC[C@@H]2CC(=O)[O-])cc1C(F)(F)F.[Zn+2]. The number of alkyl halides is 6. The van der Waals surface area contributed by atoms with E-state index in [2.05, 4.69) is 0 Å². The fraction of sp³-hybridized carbons (Fsp3) is 0.375. The van der Waals surface area contributed by atoms with Crippen LogP contribution in [0.3, 0.4) is 0 Å². The Balaban J connectivity index is 0.000000218. The predicted octanol–water partition coefficient (Wildman–Crippen LogP) is 10.6. The maximum absolute atomic E-state index is 13.5. The topological polar surface area (TPSA) is 127 Å². The molecule has 0 saturated carbocycles. The van der Waals surface area contributed by atoms with Crippen LogP contribution in [0.4, 0.5) is 26.3 Å². The third-order valence-corrected chi connectivity index (χ3v) is 12.1. The molecule has 0 aliphatic carbocycles. The second-order valence-corrected chi connectivity index (χ2v) is 17.5. The molecule has 0 radical (unpaired) electrons. The zero-order valence-corrected chi connectivity index (χ0v) is 41.3. The van der Waals surface area contributed by atoms with Crippen molar-refractivity contribution >= 4 is 56.9 Å². The Kier molecular flexibility index (Phi) is 15.8. The van der Waals surface area contributed by atoms with Crippen LogP contribution in [0.15, 0.2) is 72.8 Å². The number of fused-ring (bicyclic) bond motifs is 6. The third kappa shape index (κ3) is 11.6. The molecule has 0 saturated heterocycles. The van der Waals surface area contributed by atoms with E-state index in [9.17, 15) is 46.1 Å². The Morgan fingerprint density at radius 1 is 0.627 bits per heavy atom. The molecule has 2 aliphatic heterocycles. The summed E-state index contributed by atoms with van der Waals surface area (Å²) in [5, 5.41) is 24.5. The monoisotopic (exact) mass is 1020 g/mol. The van der Waals surface area contributed by atoms with E-state index >= 15 is 0 Å². The van der Waals surface area contributed by atoms with Crippen LogP contribution in [0, 0.1) is 0 Å². The van der Waals surface area contributed by atoms with E-state index in [-0.39, 0.29) is 81.1 Å². The first-order valence-electron chi connectivity index (χ1n) is 21.1. The van der Waals surface area contributed by atoms with Crippen molar-refractivity contribution in [3.63, 3.8) is 0 Å². The fourth-order valence-corrected chi connectivity index (χ4v) is 9.37. The number of nitrogens with zero attached hydrogens (tertiary/aromatic N) is 2. The molecule has 4 aromatic carbocycles. The number of carbonyl (C=O) groups is 2. The molecule has 0 unspecified atom stereocenters. The van der Waals surface area contributed by atoms with Crippen molar-refractivity contribution in [1.29, 1.82) is 0 Å². The van der Waals surface area contributed by atoms with Crippen molar-refractivity contribution in [2.45, 2.75) is 116 Å². The van der Waals surface area contributed by atoms with E-state index in [1.54, 1.807) is 52.0 Å². The molecule has 0 spiro atoms. The number of hydrogen-bond donors (Lipinski definition) is 0. The van der Waals surface area contributed by atoms with Gasteiger partial charge in [0.1, 0.15) is 36.2 Å². The Morgan fingerprint density at radius 3 is 1.33 bits per heavy atom. The summed E-state index contributed by atoms with van der Waals surface area (Å²) >= 11 is 13.1. The van der Waals surface area contributed by atoms with Gasteiger partial charge in [0, 0.05) is 59.0 Å². The summed E-state index contributed by atoms with van der Waals surface area (Å²) in [6, 6.07) is 18.3. The van der Waals surface area contributed by atoms with Crippen LogP contribution in [-0.4, -0.2) is 33.3 Å². The van der Waals surface area contributed by atoms with E-state index in [0.29, 0.717) is 69.4 Å². The van der Waals surface area contributed by atoms with Gasteiger partial charge < -0.3 is 47.9 Å². The minimum Gasteiger partial charge on any atom is -0.550 e. The maximum Gasteiger partial charge on any atom is 2.00 e. The minimum absolute atomic E-state index is 0. The number of benzene rings is 4. The molecule has 2 aliphatic rings. The summed E-state index contributed by atoms with van der Waals surface area (Å²) in [5.41, 5.74) is 2.25. The molecule has 2 atom stereocenters. The predicted molar refractivity (Wildman–Crippen MR) is 231 cm³/mol. The van der Waals surface area contributed by atoms with Gasteiger partial charge in [-0.25, -0.2) is 0 Å². The van der Waals surface area contributed by atoms with E-state index < -0.39 is 35.4 Å². The Morgan fingerprint density at radius 2 is 1.00 bits per heavy atom. The first kappa shape index (κ1) is 51.3. The van der Waals surface area contributed by atoms with Gasteiger partial charge in [-0.3, -0.25) is 0 Å². The van der Waals surface area contributed by atoms with Crippen molar-refractivity contribution < 1.29 is 84.6 Å². The van der Waals surface area contributed by atoms with Gasteiger partial charge in [0.15, 0.2) is 0 Å². The van der Waals surface area contributed by atoms with Gasteiger partial charge in [0.25, 0.3) is 0 Å². The van der Waals surface area contributed by atoms with Gasteiger partial charge in [-0.05, 0) is 125 Å². The van der Waals surface area contributed by atoms with Crippen molar-refractivity contribution in [2.75, 3.05) is 0 Å². The molecular formula is C48H44Cl2F6N2O8Zn. The van der Waals surface area contributed by atoms with Crippen molar-refractivity contribution in [1.82, 2.24) is 9.13 Å². The smallest absolute Gasteiger partial charge is 0.550 e. The standard InChI is InChI=1S/2C24H23ClF3NO4.Zn/c2*1-13(2)33-20-6-3-14(9-18(20)24(26,27)28)12-32-16-4-5-19-17(11-16)22(25)23-15(10-21(30)31)7-8-29(19)23;/h2*3-6,9,11,13,15H,7-8,10,12H2,1-2H3,(H,30,31);/q;;+2/p-2/t2*15-;/m11./s1. The molecule has 67 heavy (non-hydrogen) atoms. The molecule has 8 rings (SSSR count). The van der Waals surface area contributed by atoms with E-state index in [1.807, 2.05) is 21.3 Å². The largest absolute Gasteiger partial charge is 2.00 e. The van der Waals surface area contributed by atoms with Crippen LogP contribution in [0.5, 0.6) is 23.0 Å². The van der Waals surface area contributed by atoms with E-state index in [1.165, 1.54) is 24.3 Å². The summed E-state index contributed by atoms with van der Waals surface area (Å²) in [6.07, 6.45) is -8.73. The Hall–Kier alpha value is -5.12. The molecule has 0 fully saturated rings. The molecule has 4 heterocycles. The molecule has 2 aromatic heterocycles. The van der Waals surface area contributed by atoms with Crippen LogP contribution in [0.25, 0.3) is 21.8 Å². The first-order chi connectivity index (χ1) is 31.1. The first-order valence-corrected chi connectivity index (χ1v) is 21.9. The number of ether oxygens (including phenoxy) is 4. The molecule has 19 heteroatoms. The van der Waals surface area contributed by atoms with Crippen LogP contribution >= 0.6 is 23.2 Å². The maximum atomic E-state index is 13.5. The molecule has 0 bridgehead atoms. The van der Waals surface area contributed by atoms with E-state index in [0.717, 1.165) is 34.6 Å². The number of hydrogen-bond acceptors (Lipinski definition) is 8. The molecule has 352 valence electrons. The number of aryl methyl sites for hydroxylation is 2. The normalized spacial score (nSPS) is 15.6.